The van der Waals surface area contributed by atoms with Crippen LogP contribution >= 0.6 is 0 Å². The van der Waals surface area contributed by atoms with E-state index in [0.29, 0.717) is 12.2 Å². The van der Waals surface area contributed by atoms with Crippen LogP contribution in [0.25, 0.3) is 5.69 Å². The molecule has 7 heteroatoms. The Balaban J connectivity index is 2.06. The Hall–Kier alpha value is -1.73. The molecule has 0 unspecified atom stereocenters. The average Bonchev–Trinajstić information content (AvgIpc) is 2.97. The molecule has 0 N–H and O–H groups in total. The zero-order chi connectivity index (χ0) is 15.8. The summed E-state index contributed by atoms with van der Waals surface area (Å²) in [4.78, 5) is 0. The third-order valence-corrected chi connectivity index (χ3v) is 6.21. The second-order valence-corrected chi connectivity index (χ2v) is 7.98. The summed E-state index contributed by atoms with van der Waals surface area (Å²) in [5.41, 5.74) is 0.302. The van der Waals surface area contributed by atoms with Gasteiger partial charge in [0, 0.05) is 12.1 Å². The number of benzene rings is 1. The van der Waals surface area contributed by atoms with Crippen molar-refractivity contribution in [3.8, 4) is 5.69 Å². The van der Waals surface area contributed by atoms with Crippen molar-refractivity contribution >= 4 is 10.0 Å². The van der Waals surface area contributed by atoms with E-state index in [1.54, 1.807) is 4.31 Å². The van der Waals surface area contributed by atoms with Gasteiger partial charge in [-0.3, -0.25) is 0 Å². The van der Waals surface area contributed by atoms with Crippen LogP contribution in [0.2, 0.25) is 0 Å². The SMILES string of the molecule is CC1(C)CCCCN1S(=O)(=O)c1cnnn1-c1ccccc1. The summed E-state index contributed by atoms with van der Waals surface area (Å²) in [6.45, 7) is 4.48. The molecule has 22 heavy (non-hydrogen) atoms. The highest BCUT2D eigenvalue weighted by Crippen LogP contribution is 2.33. The van der Waals surface area contributed by atoms with Crippen molar-refractivity contribution in [2.24, 2.45) is 0 Å². The number of hydrogen-bond donors (Lipinski definition) is 0. The maximum atomic E-state index is 13.1. The van der Waals surface area contributed by atoms with Gasteiger partial charge in [0.25, 0.3) is 10.0 Å². The third kappa shape index (κ3) is 2.55. The summed E-state index contributed by atoms with van der Waals surface area (Å²) in [5.74, 6) is 0. The number of rotatable bonds is 3. The Morgan fingerprint density at radius 2 is 1.86 bits per heavy atom. The smallest absolute Gasteiger partial charge is 0.205 e. The number of piperidine rings is 1. The fraction of sp³-hybridized carbons (Fsp3) is 0.467. The summed E-state index contributed by atoms with van der Waals surface area (Å²) in [6.07, 6.45) is 4.12. The van der Waals surface area contributed by atoms with Crippen molar-refractivity contribution in [3.63, 3.8) is 0 Å². The average molecular weight is 320 g/mol. The van der Waals surface area contributed by atoms with E-state index >= 15 is 0 Å². The molecule has 0 amide bonds. The first-order valence-corrected chi connectivity index (χ1v) is 8.86. The largest absolute Gasteiger partial charge is 0.262 e. The molecule has 0 radical (unpaired) electrons. The number of para-hydroxylation sites is 1. The minimum absolute atomic E-state index is 0.119. The highest BCUT2D eigenvalue weighted by molar-refractivity contribution is 7.89. The van der Waals surface area contributed by atoms with Gasteiger partial charge in [-0.25, -0.2) is 13.1 Å². The summed E-state index contributed by atoms with van der Waals surface area (Å²) >= 11 is 0. The minimum atomic E-state index is -3.63. The minimum Gasteiger partial charge on any atom is -0.205 e. The van der Waals surface area contributed by atoms with Gasteiger partial charge in [-0.15, -0.1) is 5.10 Å². The first-order valence-electron chi connectivity index (χ1n) is 7.42. The van der Waals surface area contributed by atoms with Crippen LogP contribution in [-0.2, 0) is 10.0 Å². The fourth-order valence-electron chi connectivity index (χ4n) is 2.95. The Bertz CT molecular complexity index is 753. The molecule has 0 bridgehead atoms. The molecular weight excluding hydrogens is 300 g/mol. The molecule has 3 rings (SSSR count). The van der Waals surface area contributed by atoms with Gasteiger partial charge >= 0.3 is 0 Å². The highest BCUT2D eigenvalue weighted by atomic mass is 32.2. The molecular formula is C15H20N4O2S. The van der Waals surface area contributed by atoms with Crippen LogP contribution in [0.1, 0.15) is 33.1 Å². The lowest BCUT2D eigenvalue weighted by Crippen LogP contribution is -2.50. The van der Waals surface area contributed by atoms with Crippen molar-refractivity contribution in [2.75, 3.05) is 6.54 Å². The zero-order valence-corrected chi connectivity index (χ0v) is 13.6. The molecule has 6 nitrogen and oxygen atoms in total. The standard InChI is InChI=1S/C15H20N4O2S/c1-15(2)10-6-7-11-18(15)22(20,21)14-12-16-17-19(14)13-8-4-3-5-9-13/h3-5,8-9,12H,6-7,10-11H2,1-2H3. The van der Waals surface area contributed by atoms with Crippen molar-refractivity contribution < 1.29 is 8.42 Å². The van der Waals surface area contributed by atoms with Gasteiger partial charge in [0.15, 0.2) is 5.03 Å². The predicted molar refractivity (Wildman–Crippen MR) is 83.2 cm³/mol. The van der Waals surface area contributed by atoms with Crippen molar-refractivity contribution in [1.29, 1.82) is 0 Å². The van der Waals surface area contributed by atoms with Crippen molar-refractivity contribution in [1.82, 2.24) is 19.3 Å². The monoisotopic (exact) mass is 320 g/mol. The zero-order valence-electron chi connectivity index (χ0n) is 12.8. The molecule has 0 spiro atoms. The van der Waals surface area contributed by atoms with Crippen LogP contribution in [0.3, 0.4) is 0 Å². The Labute approximate surface area is 130 Å². The summed E-state index contributed by atoms with van der Waals surface area (Å²) in [7, 11) is -3.63. The normalized spacial score (nSPS) is 19.2. The Morgan fingerprint density at radius 3 is 2.55 bits per heavy atom. The summed E-state index contributed by atoms with van der Waals surface area (Å²) in [6, 6.07) is 9.20. The Morgan fingerprint density at radius 1 is 1.14 bits per heavy atom. The van der Waals surface area contributed by atoms with E-state index in [0.717, 1.165) is 19.3 Å². The van der Waals surface area contributed by atoms with E-state index in [2.05, 4.69) is 10.3 Å². The van der Waals surface area contributed by atoms with Gasteiger partial charge in [0.2, 0.25) is 0 Å². The lowest BCUT2D eigenvalue weighted by atomic mass is 9.93. The number of hydrogen-bond acceptors (Lipinski definition) is 4. The van der Waals surface area contributed by atoms with Crippen LogP contribution in [0.4, 0.5) is 0 Å². The Kier molecular flexibility index (Phi) is 3.78. The molecule has 1 fully saturated rings. The molecule has 1 aliphatic rings. The molecule has 1 saturated heterocycles. The van der Waals surface area contributed by atoms with E-state index < -0.39 is 10.0 Å². The van der Waals surface area contributed by atoms with Crippen molar-refractivity contribution in [2.45, 2.75) is 43.7 Å². The van der Waals surface area contributed by atoms with Gasteiger partial charge in [0.05, 0.1) is 11.9 Å². The molecule has 0 aliphatic carbocycles. The second-order valence-electron chi connectivity index (χ2n) is 6.17. The van der Waals surface area contributed by atoms with Gasteiger partial charge in [-0.05, 0) is 38.8 Å². The van der Waals surface area contributed by atoms with Gasteiger partial charge in [-0.2, -0.15) is 4.31 Å². The molecule has 2 heterocycles. The predicted octanol–water partition coefficient (Wildman–Crippen LogP) is 2.22. The quantitative estimate of drug-likeness (QED) is 0.869. The lowest BCUT2D eigenvalue weighted by Gasteiger charge is -2.40. The summed E-state index contributed by atoms with van der Waals surface area (Å²) in [5, 5.41) is 7.89. The molecule has 1 aromatic carbocycles. The number of aromatic nitrogens is 3. The maximum absolute atomic E-state index is 13.1. The first kappa shape index (κ1) is 15.2. The van der Waals surface area contributed by atoms with E-state index in [-0.39, 0.29) is 10.6 Å². The van der Waals surface area contributed by atoms with Crippen LogP contribution in [0.5, 0.6) is 0 Å². The molecule has 0 saturated carbocycles. The number of sulfonamides is 1. The third-order valence-electron chi connectivity index (χ3n) is 4.15. The van der Waals surface area contributed by atoms with E-state index in [9.17, 15) is 8.42 Å². The molecule has 1 aromatic heterocycles. The molecule has 1 aliphatic heterocycles. The van der Waals surface area contributed by atoms with Crippen LogP contribution < -0.4 is 0 Å². The molecule has 0 atom stereocenters. The van der Waals surface area contributed by atoms with Crippen LogP contribution in [0, 0.1) is 0 Å². The molecule has 2 aromatic rings. The van der Waals surface area contributed by atoms with Gasteiger partial charge in [0.1, 0.15) is 0 Å². The highest BCUT2D eigenvalue weighted by Gasteiger charge is 2.40. The topological polar surface area (TPSA) is 68.1 Å². The first-order chi connectivity index (χ1) is 10.4. The van der Waals surface area contributed by atoms with E-state index in [1.807, 2.05) is 44.2 Å². The lowest BCUT2D eigenvalue weighted by molar-refractivity contribution is 0.169. The van der Waals surface area contributed by atoms with Crippen molar-refractivity contribution in [3.05, 3.63) is 36.5 Å². The van der Waals surface area contributed by atoms with Crippen LogP contribution in [-0.4, -0.2) is 39.8 Å². The van der Waals surface area contributed by atoms with E-state index in [1.165, 1.54) is 10.9 Å². The van der Waals surface area contributed by atoms with Gasteiger partial charge in [-0.1, -0.05) is 29.8 Å². The molecule has 118 valence electrons. The second kappa shape index (κ2) is 5.48. The van der Waals surface area contributed by atoms with Crippen LogP contribution in [0.15, 0.2) is 41.6 Å². The van der Waals surface area contributed by atoms with Gasteiger partial charge < -0.3 is 0 Å². The summed E-state index contributed by atoms with van der Waals surface area (Å²) < 4.78 is 29.1. The van der Waals surface area contributed by atoms with E-state index in [4.69, 9.17) is 0 Å². The fourth-order valence-corrected chi connectivity index (χ4v) is 4.83. The number of nitrogens with zero attached hydrogens (tertiary/aromatic N) is 4. The maximum Gasteiger partial charge on any atom is 0.262 e.